The Hall–Kier alpha value is -2.94. The molecule has 0 amide bonds. The number of carbonyl (C=O) groups excluding carboxylic acids is 4. The van der Waals surface area contributed by atoms with E-state index < -0.39 is 30.1 Å². The van der Waals surface area contributed by atoms with Gasteiger partial charge in [0, 0.05) is 0 Å². The number of benzene rings is 1. The molecule has 1 aromatic carbocycles. The predicted molar refractivity (Wildman–Crippen MR) is 148 cm³/mol. The van der Waals surface area contributed by atoms with Crippen molar-refractivity contribution in [1.29, 1.82) is 0 Å². The summed E-state index contributed by atoms with van der Waals surface area (Å²) in [6, 6.07) is 3.70. The fourth-order valence-corrected chi connectivity index (χ4v) is 3.05. The summed E-state index contributed by atoms with van der Waals surface area (Å²) in [6.07, 6.45) is -0.595. The number of carbonyl (C=O) groups is 4. The smallest absolute Gasteiger partial charge is 0.323 e. The van der Waals surface area contributed by atoms with Crippen LogP contribution in [0.5, 0.6) is 11.5 Å². The number of hydrogen-bond donors (Lipinski definition) is 1. The third-order valence-electron chi connectivity index (χ3n) is 7.08. The largest absolute Gasteiger partial charge is 0.462 e. The van der Waals surface area contributed by atoms with Crippen LogP contribution in [0.1, 0.15) is 74.8 Å². The topological polar surface area (TPSA) is 131 Å². The van der Waals surface area contributed by atoms with Crippen molar-refractivity contribution in [3.63, 3.8) is 0 Å². The molecule has 0 fully saturated rings. The van der Waals surface area contributed by atoms with E-state index in [0.29, 0.717) is 5.56 Å². The van der Waals surface area contributed by atoms with Crippen LogP contribution < -0.4 is 15.2 Å². The fraction of sp³-hybridized carbons (Fsp3) is 0.667. The summed E-state index contributed by atoms with van der Waals surface area (Å²) in [7, 11) is 0. The van der Waals surface area contributed by atoms with E-state index >= 15 is 0 Å². The zero-order valence-electron chi connectivity index (χ0n) is 25.1. The maximum Gasteiger partial charge on any atom is 0.323 e. The summed E-state index contributed by atoms with van der Waals surface area (Å²) in [5, 5.41) is 0. The van der Waals surface area contributed by atoms with Crippen molar-refractivity contribution in [3.8, 4) is 11.5 Å². The van der Waals surface area contributed by atoms with Crippen LogP contribution in [-0.2, 0) is 35.1 Å². The second-order valence-electron chi connectivity index (χ2n) is 11.4. The van der Waals surface area contributed by atoms with E-state index in [9.17, 15) is 19.2 Å². The lowest BCUT2D eigenvalue weighted by molar-refractivity contribution is -0.161. The highest BCUT2D eigenvalue weighted by molar-refractivity contribution is 5.79. The Kier molecular flexibility index (Phi) is 13.6. The van der Waals surface area contributed by atoms with E-state index in [0.717, 1.165) is 0 Å². The maximum absolute atomic E-state index is 12.7. The van der Waals surface area contributed by atoms with Gasteiger partial charge in [-0.25, -0.2) is 0 Å². The molecule has 0 saturated heterocycles. The molecule has 1 aromatic rings. The first-order chi connectivity index (χ1) is 18.0. The van der Waals surface area contributed by atoms with Crippen LogP contribution in [0.15, 0.2) is 18.2 Å². The minimum absolute atomic E-state index is 0.0469. The van der Waals surface area contributed by atoms with E-state index in [4.69, 9.17) is 24.7 Å². The van der Waals surface area contributed by atoms with Crippen LogP contribution in [0.25, 0.3) is 0 Å². The van der Waals surface area contributed by atoms with Gasteiger partial charge in [-0.1, -0.05) is 68.4 Å². The highest BCUT2D eigenvalue weighted by atomic mass is 16.6. The molecule has 1 rings (SSSR count). The summed E-state index contributed by atoms with van der Waals surface area (Å²) >= 11 is 0. The molecule has 0 aromatic heterocycles. The first-order valence-electron chi connectivity index (χ1n) is 13.7. The molecule has 2 N–H and O–H groups in total. The monoisotopic (exact) mass is 549 g/mol. The first-order valence-corrected chi connectivity index (χ1v) is 13.7. The van der Waals surface area contributed by atoms with Crippen molar-refractivity contribution in [1.82, 2.24) is 0 Å². The van der Waals surface area contributed by atoms with Gasteiger partial charge in [0.25, 0.3) is 0 Å². The van der Waals surface area contributed by atoms with Crippen molar-refractivity contribution in [2.45, 2.75) is 87.8 Å². The zero-order chi connectivity index (χ0) is 30.0. The molecule has 9 nitrogen and oxygen atoms in total. The first kappa shape index (κ1) is 34.1. The lowest BCUT2D eigenvalue weighted by Crippen LogP contribution is -2.37. The van der Waals surface area contributed by atoms with Gasteiger partial charge < -0.3 is 24.7 Å². The molecule has 9 heteroatoms. The number of ether oxygens (including phenoxy) is 4. The van der Waals surface area contributed by atoms with E-state index in [2.05, 4.69) is 0 Å². The van der Waals surface area contributed by atoms with Gasteiger partial charge in [-0.3, -0.25) is 19.2 Å². The summed E-state index contributed by atoms with van der Waals surface area (Å²) in [6.45, 7) is 18.4. The van der Waals surface area contributed by atoms with Crippen molar-refractivity contribution < 1.29 is 38.1 Å². The zero-order valence-corrected chi connectivity index (χ0v) is 25.1. The van der Waals surface area contributed by atoms with Crippen LogP contribution in [0.3, 0.4) is 0 Å². The number of nitrogens with two attached hydrogens (primary N) is 1. The van der Waals surface area contributed by atoms with E-state index in [1.165, 1.54) is 6.07 Å². The number of esters is 4. The number of hydrogen-bond acceptors (Lipinski definition) is 9. The lowest BCUT2D eigenvalue weighted by Gasteiger charge is -2.20. The number of rotatable bonds is 14. The Balaban J connectivity index is 2.97. The van der Waals surface area contributed by atoms with Crippen LogP contribution in [-0.4, -0.2) is 42.6 Å². The molecule has 0 aliphatic carbocycles. The fourth-order valence-electron chi connectivity index (χ4n) is 3.05. The Morgan fingerprint density at radius 3 is 1.62 bits per heavy atom. The third-order valence-corrected chi connectivity index (χ3v) is 7.08. The standard InChI is InChI=1S/C30H47NO8/c1-16(2)20(8)27(32)36-15-19(7)37-30(35)24(31)13-23-11-12-25(38-28(33)21(9)17(3)4)26(14-23)39-29(34)22(10)18(5)6/h11-12,14,16-22,24H,13,15,31H2,1-10H3/t19-,20?,21?,22?,24-/m0/s1. The second kappa shape index (κ2) is 15.6. The van der Waals surface area contributed by atoms with E-state index in [-0.39, 0.29) is 66.0 Å². The van der Waals surface area contributed by atoms with Crippen molar-refractivity contribution in [3.05, 3.63) is 23.8 Å². The molecule has 3 unspecified atom stereocenters. The average Bonchev–Trinajstić information content (AvgIpc) is 2.86. The molecule has 0 heterocycles. The Morgan fingerprint density at radius 1 is 0.667 bits per heavy atom. The maximum atomic E-state index is 12.7. The molecule has 0 aliphatic rings. The second-order valence-corrected chi connectivity index (χ2v) is 11.4. The van der Waals surface area contributed by atoms with E-state index in [1.807, 2.05) is 41.5 Å². The molecule has 39 heavy (non-hydrogen) atoms. The molecule has 0 radical (unpaired) electrons. The predicted octanol–water partition coefficient (Wildman–Crippen LogP) is 4.72. The van der Waals surface area contributed by atoms with Gasteiger partial charge in [-0.05, 0) is 48.8 Å². The quantitative estimate of drug-likeness (QED) is 0.259. The van der Waals surface area contributed by atoms with Crippen molar-refractivity contribution >= 4 is 23.9 Å². The molecule has 0 saturated carbocycles. The normalized spacial score (nSPS) is 15.3. The third kappa shape index (κ3) is 11.0. The van der Waals surface area contributed by atoms with Gasteiger partial charge in [0.1, 0.15) is 18.8 Å². The minimum Gasteiger partial charge on any atom is -0.462 e. The molecular weight excluding hydrogens is 502 g/mol. The van der Waals surface area contributed by atoms with Crippen molar-refractivity contribution in [2.24, 2.45) is 41.2 Å². The van der Waals surface area contributed by atoms with Crippen LogP contribution in [0, 0.1) is 35.5 Å². The van der Waals surface area contributed by atoms with Gasteiger partial charge in [0.05, 0.1) is 17.8 Å². The molecule has 0 spiro atoms. The molecular formula is C30H47NO8. The highest BCUT2D eigenvalue weighted by Crippen LogP contribution is 2.31. The van der Waals surface area contributed by atoms with Gasteiger partial charge >= 0.3 is 23.9 Å². The molecule has 0 aliphatic heterocycles. The summed E-state index contributed by atoms with van der Waals surface area (Å²) in [5.41, 5.74) is 6.68. The lowest BCUT2D eigenvalue weighted by atomic mass is 9.98. The Labute approximate surface area is 233 Å². The summed E-state index contributed by atoms with van der Waals surface area (Å²) < 4.78 is 21.8. The summed E-state index contributed by atoms with van der Waals surface area (Å²) in [5.74, 6) is -2.49. The Bertz CT molecular complexity index is 987. The average molecular weight is 550 g/mol. The van der Waals surface area contributed by atoms with Crippen LogP contribution >= 0.6 is 0 Å². The van der Waals surface area contributed by atoms with Gasteiger partial charge in [-0.2, -0.15) is 0 Å². The van der Waals surface area contributed by atoms with Gasteiger partial charge in [0.2, 0.25) is 0 Å². The highest BCUT2D eigenvalue weighted by Gasteiger charge is 2.26. The van der Waals surface area contributed by atoms with Gasteiger partial charge in [0.15, 0.2) is 11.5 Å². The Morgan fingerprint density at radius 2 is 1.13 bits per heavy atom. The van der Waals surface area contributed by atoms with Gasteiger partial charge in [-0.15, -0.1) is 0 Å². The molecule has 220 valence electrons. The molecule has 0 bridgehead atoms. The van der Waals surface area contributed by atoms with Crippen molar-refractivity contribution in [2.75, 3.05) is 6.61 Å². The van der Waals surface area contributed by atoms with Crippen LogP contribution in [0.2, 0.25) is 0 Å². The minimum atomic E-state index is -1.02. The summed E-state index contributed by atoms with van der Waals surface area (Å²) in [4.78, 5) is 49.9. The molecule has 5 atom stereocenters. The van der Waals surface area contributed by atoms with Crippen LogP contribution in [0.4, 0.5) is 0 Å². The van der Waals surface area contributed by atoms with E-state index in [1.54, 1.807) is 39.8 Å². The SMILES string of the molecule is CC(C)C(C)C(=O)OC[C@H](C)OC(=O)[C@@H](N)Cc1ccc(OC(=O)C(C)C(C)C)c(OC(=O)C(C)C(C)C)c1.